The fraction of sp³-hybridized carbons (Fsp3) is 0.300. The number of benzene rings is 1. The van der Waals surface area contributed by atoms with Gasteiger partial charge in [0.1, 0.15) is 5.82 Å². The highest BCUT2D eigenvalue weighted by atomic mass is 16.2. The summed E-state index contributed by atoms with van der Waals surface area (Å²) in [5, 5.41) is 14.2. The summed E-state index contributed by atoms with van der Waals surface area (Å²) >= 11 is 0. The van der Waals surface area contributed by atoms with Crippen molar-refractivity contribution in [2.24, 2.45) is 5.92 Å². The van der Waals surface area contributed by atoms with Crippen molar-refractivity contribution < 1.29 is 9.59 Å². The summed E-state index contributed by atoms with van der Waals surface area (Å²) in [6.07, 6.45) is 4.36. The minimum atomic E-state index is -0.282. The van der Waals surface area contributed by atoms with Crippen LogP contribution >= 0.6 is 0 Å². The first kappa shape index (κ1) is 19.3. The molecular weight excluding hydrogens is 356 g/mol. The van der Waals surface area contributed by atoms with Gasteiger partial charge in [0.05, 0.1) is 5.69 Å². The molecule has 2 N–H and O–H groups in total. The van der Waals surface area contributed by atoms with Gasteiger partial charge in [0.15, 0.2) is 5.69 Å². The molecule has 146 valence electrons. The van der Waals surface area contributed by atoms with Gasteiger partial charge >= 0.3 is 0 Å². The van der Waals surface area contributed by atoms with Crippen LogP contribution in [0, 0.1) is 5.92 Å². The Hall–Kier alpha value is -3.42. The van der Waals surface area contributed by atoms with Crippen LogP contribution in [0.1, 0.15) is 30.8 Å². The van der Waals surface area contributed by atoms with Crippen molar-refractivity contribution in [1.82, 2.24) is 24.9 Å². The fourth-order valence-corrected chi connectivity index (χ4v) is 2.58. The second kappa shape index (κ2) is 8.98. The third-order valence-corrected chi connectivity index (χ3v) is 4.13. The van der Waals surface area contributed by atoms with Crippen LogP contribution in [0.2, 0.25) is 0 Å². The summed E-state index contributed by atoms with van der Waals surface area (Å²) in [4.78, 5) is 24.6. The molecule has 2 heterocycles. The van der Waals surface area contributed by atoms with Crippen molar-refractivity contribution in [1.29, 1.82) is 0 Å². The van der Waals surface area contributed by atoms with E-state index < -0.39 is 0 Å². The SMILES string of the molecule is CC(C)C(=O)Nc1cc(C(=O)NCCCn2cccn2)nn1-c1ccccc1. The molecule has 0 bridgehead atoms. The number of aromatic nitrogens is 4. The van der Waals surface area contributed by atoms with Crippen LogP contribution in [0.3, 0.4) is 0 Å². The van der Waals surface area contributed by atoms with Crippen molar-refractivity contribution in [3.63, 3.8) is 0 Å². The molecule has 0 saturated heterocycles. The molecule has 3 rings (SSSR count). The summed E-state index contributed by atoms with van der Waals surface area (Å²) in [5.74, 6) is -0.135. The second-order valence-corrected chi connectivity index (χ2v) is 6.68. The normalized spacial score (nSPS) is 10.8. The maximum atomic E-state index is 12.5. The first-order valence-corrected chi connectivity index (χ1v) is 9.26. The molecule has 0 spiro atoms. The van der Waals surface area contributed by atoms with E-state index in [4.69, 9.17) is 0 Å². The zero-order valence-corrected chi connectivity index (χ0v) is 16.0. The number of aryl methyl sites for hydroxylation is 1. The second-order valence-electron chi connectivity index (χ2n) is 6.68. The molecule has 0 unspecified atom stereocenters. The Balaban J connectivity index is 1.70. The Bertz CT molecular complexity index is 916. The average molecular weight is 380 g/mol. The smallest absolute Gasteiger partial charge is 0.271 e. The number of nitrogens with zero attached hydrogens (tertiary/aromatic N) is 4. The Morgan fingerprint density at radius 2 is 1.93 bits per heavy atom. The predicted octanol–water partition coefficient (Wildman–Crippen LogP) is 2.48. The van der Waals surface area contributed by atoms with Crippen LogP contribution in [-0.4, -0.2) is 37.9 Å². The van der Waals surface area contributed by atoms with E-state index >= 15 is 0 Å². The molecule has 0 saturated carbocycles. The van der Waals surface area contributed by atoms with E-state index in [1.54, 1.807) is 16.9 Å². The van der Waals surface area contributed by atoms with Crippen LogP contribution < -0.4 is 10.6 Å². The molecule has 0 fully saturated rings. The highest BCUT2D eigenvalue weighted by Gasteiger charge is 2.18. The Morgan fingerprint density at radius 1 is 1.14 bits per heavy atom. The monoisotopic (exact) mass is 380 g/mol. The first-order chi connectivity index (χ1) is 13.5. The molecule has 0 aliphatic rings. The lowest BCUT2D eigenvalue weighted by Gasteiger charge is -2.10. The lowest BCUT2D eigenvalue weighted by Crippen LogP contribution is -2.25. The van der Waals surface area contributed by atoms with E-state index in [0.717, 1.165) is 18.7 Å². The van der Waals surface area contributed by atoms with Gasteiger partial charge in [0.25, 0.3) is 5.91 Å². The number of anilines is 1. The quantitative estimate of drug-likeness (QED) is 0.587. The number of hydrogen-bond acceptors (Lipinski definition) is 4. The van der Waals surface area contributed by atoms with Gasteiger partial charge in [-0.05, 0) is 24.6 Å². The van der Waals surface area contributed by atoms with Crippen LogP contribution in [0.25, 0.3) is 5.69 Å². The van der Waals surface area contributed by atoms with Gasteiger partial charge in [-0.25, -0.2) is 4.68 Å². The zero-order valence-electron chi connectivity index (χ0n) is 16.0. The Kier molecular flexibility index (Phi) is 6.21. The number of rotatable bonds is 8. The fourth-order valence-electron chi connectivity index (χ4n) is 2.58. The van der Waals surface area contributed by atoms with Gasteiger partial charge < -0.3 is 10.6 Å². The van der Waals surface area contributed by atoms with Crippen LogP contribution in [-0.2, 0) is 11.3 Å². The van der Waals surface area contributed by atoms with Crippen LogP contribution in [0.15, 0.2) is 54.9 Å². The topological polar surface area (TPSA) is 93.8 Å². The van der Waals surface area contributed by atoms with Gasteiger partial charge in [-0.2, -0.15) is 10.2 Å². The zero-order chi connectivity index (χ0) is 19.9. The first-order valence-electron chi connectivity index (χ1n) is 9.26. The van der Waals surface area contributed by atoms with E-state index in [1.807, 2.05) is 61.1 Å². The minimum Gasteiger partial charge on any atom is -0.351 e. The van der Waals surface area contributed by atoms with Crippen LogP contribution in [0.4, 0.5) is 5.82 Å². The van der Waals surface area contributed by atoms with Crippen molar-refractivity contribution in [2.75, 3.05) is 11.9 Å². The molecule has 28 heavy (non-hydrogen) atoms. The summed E-state index contributed by atoms with van der Waals surface area (Å²) < 4.78 is 3.38. The molecule has 2 aromatic heterocycles. The molecule has 8 nitrogen and oxygen atoms in total. The summed E-state index contributed by atoms with van der Waals surface area (Å²) in [6, 6.07) is 12.8. The van der Waals surface area contributed by atoms with Crippen molar-refractivity contribution in [3.05, 3.63) is 60.6 Å². The third kappa shape index (κ3) is 4.85. The van der Waals surface area contributed by atoms with Gasteiger partial charge in [-0.3, -0.25) is 14.3 Å². The van der Waals surface area contributed by atoms with Crippen molar-refractivity contribution in [2.45, 2.75) is 26.8 Å². The molecule has 2 amide bonds. The van der Waals surface area contributed by atoms with Crippen LogP contribution in [0.5, 0.6) is 0 Å². The van der Waals surface area contributed by atoms with E-state index in [-0.39, 0.29) is 23.4 Å². The molecule has 8 heteroatoms. The highest BCUT2D eigenvalue weighted by Crippen LogP contribution is 2.18. The third-order valence-electron chi connectivity index (χ3n) is 4.13. The van der Waals surface area contributed by atoms with E-state index in [1.165, 1.54) is 0 Å². The predicted molar refractivity (Wildman–Crippen MR) is 106 cm³/mol. The molecule has 0 radical (unpaired) electrons. The van der Waals surface area contributed by atoms with E-state index in [2.05, 4.69) is 20.8 Å². The number of amides is 2. The maximum Gasteiger partial charge on any atom is 0.271 e. The van der Waals surface area contributed by atoms with Gasteiger partial charge in [0, 0.05) is 37.5 Å². The lowest BCUT2D eigenvalue weighted by molar-refractivity contribution is -0.118. The average Bonchev–Trinajstić information content (AvgIpc) is 3.35. The molecule has 0 atom stereocenters. The summed E-state index contributed by atoms with van der Waals surface area (Å²) in [6.45, 7) is 4.85. The van der Waals surface area contributed by atoms with E-state index in [9.17, 15) is 9.59 Å². The number of carbonyl (C=O) groups is 2. The highest BCUT2D eigenvalue weighted by molar-refractivity contribution is 5.96. The summed E-state index contributed by atoms with van der Waals surface area (Å²) in [5.41, 5.74) is 1.02. The number of carbonyl (C=O) groups excluding carboxylic acids is 2. The number of para-hydroxylation sites is 1. The maximum absolute atomic E-state index is 12.5. The summed E-state index contributed by atoms with van der Waals surface area (Å²) in [7, 11) is 0. The largest absolute Gasteiger partial charge is 0.351 e. The minimum absolute atomic E-state index is 0.136. The van der Waals surface area contributed by atoms with Crippen molar-refractivity contribution >= 4 is 17.6 Å². The number of hydrogen-bond donors (Lipinski definition) is 2. The van der Waals surface area contributed by atoms with Gasteiger partial charge in [-0.15, -0.1) is 0 Å². The standard InChI is InChI=1S/C20H24N6O2/c1-15(2)19(27)23-18-14-17(24-26(18)16-8-4-3-5-9-16)20(28)21-10-6-12-25-13-7-11-22-25/h3-5,7-9,11,13-15H,6,10,12H2,1-2H3,(H,21,28)(H,23,27). The van der Waals surface area contributed by atoms with Gasteiger partial charge in [-0.1, -0.05) is 32.0 Å². The lowest BCUT2D eigenvalue weighted by atomic mass is 10.2. The molecule has 3 aromatic rings. The van der Waals surface area contributed by atoms with E-state index in [0.29, 0.717) is 12.4 Å². The molecule has 0 aliphatic heterocycles. The molecular formula is C20H24N6O2. The molecule has 1 aromatic carbocycles. The number of nitrogens with one attached hydrogen (secondary N) is 2. The Labute approximate surface area is 163 Å². The van der Waals surface area contributed by atoms with Crippen molar-refractivity contribution in [3.8, 4) is 5.69 Å². The van der Waals surface area contributed by atoms with Gasteiger partial charge in [0.2, 0.25) is 5.91 Å². The molecule has 0 aliphatic carbocycles. The Morgan fingerprint density at radius 3 is 2.61 bits per heavy atom.